The first-order valence-corrected chi connectivity index (χ1v) is 6.34. The summed E-state index contributed by atoms with van der Waals surface area (Å²) in [5, 5.41) is 0. The van der Waals surface area contributed by atoms with E-state index in [1.807, 2.05) is 12.5 Å². The summed E-state index contributed by atoms with van der Waals surface area (Å²) in [4.78, 5) is 6.72. The van der Waals surface area contributed by atoms with Gasteiger partial charge in [0.2, 0.25) is 0 Å². The molecular formula is C13H23N3. The van der Waals surface area contributed by atoms with Gasteiger partial charge < -0.3 is 4.57 Å². The van der Waals surface area contributed by atoms with E-state index in [9.17, 15) is 0 Å². The van der Waals surface area contributed by atoms with Crippen LogP contribution in [0.3, 0.4) is 0 Å². The topological polar surface area (TPSA) is 21.1 Å². The Hall–Kier alpha value is -0.830. The van der Waals surface area contributed by atoms with E-state index in [0.29, 0.717) is 0 Å². The quantitative estimate of drug-likeness (QED) is 0.781. The number of hydrogen-bond donors (Lipinski definition) is 0. The molecule has 1 fully saturated rings. The Kier molecular flexibility index (Phi) is 3.64. The number of hydrogen-bond acceptors (Lipinski definition) is 2. The van der Waals surface area contributed by atoms with Crippen LogP contribution in [0.4, 0.5) is 0 Å². The SMILES string of the molecule is CC(C)C1CCN(Cc2cncn2C)CC1. The largest absolute Gasteiger partial charge is 0.337 e. The molecule has 0 amide bonds. The second-order valence-electron chi connectivity index (χ2n) is 5.35. The smallest absolute Gasteiger partial charge is 0.0945 e. The standard InChI is InChI=1S/C13H23N3/c1-11(2)12-4-6-16(7-5-12)9-13-8-14-10-15(13)3/h8,10-12H,4-7,9H2,1-3H3. The summed E-state index contributed by atoms with van der Waals surface area (Å²) in [6.07, 6.45) is 6.58. The van der Waals surface area contributed by atoms with E-state index in [-0.39, 0.29) is 0 Å². The number of aromatic nitrogens is 2. The van der Waals surface area contributed by atoms with Crippen LogP contribution in [0.1, 0.15) is 32.4 Å². The third kappa shape index (κ3) is 2.64. The second kappa shape index (κ2) is 5.00. The molecule has 0 spiro atoms. The molecule has 1 aliphatic heterocycles. The Labute approximate surface area is 98.5 Å². The summed E-state index contributed by atoms with van der Waals surface area (Å²) >= 11 is 0. The first-order chi connectivity index (χ1) is 7.66. The van der Waals surface area contributed by atoms with Gasteiger partial charge in [-0.25, -0.2) is 4.98 Å². The number of nitrogens with zero attached hydrogens (tertiary/aromatic N) is 3. The summed E-state index contributed by atoms with van der Waals surface area (Å²) in [6, 6.07) is 0. The van der Waals surface area contributed by atoms with Crippen LogP contribution in [0, 0.1) is 11.8 Å². The van der Waals surface area contributed by atoms with Gasteiger partial charge in [-0.1, -0.05) is 13.8 Å². The molecule has 1 aliphatic rings. The summed E-state index contributed by atoms with van der Waals surface area (Å²) in [5.74, 6) is 1.78. The molecule has 0 atom stereocenters. The van der Waals surface area contributed by atoms with Gasteiger partial charge in [0, 0.05) is 19.8 Å². The highest BCUT2D eigenvalue weighted by molar-refractivity contribution is 4.97. The molecule has 3 heteroatoms. The fourth-order valence-electron chi connectivity index (χ4n) is 2.54. The van der Waals surface area contributed by atoms with E-state index >= 15 is 0 Å². The molecule has 0 radical (unpaired) electrons. The maximum atomic E-state index is 4.17. The highest BCUT2D eigenvalue weighted by atomic mass is 15.2. The number of piperidine rings is 1. The van der Waals surface area contributed by atoms with E-state index in [2.05, 4.69) is 35.3 Å². The summed E-state index contributed by atoms with van der Waals surface area (Å²) in [6.45, 7) is 8.24. The van der Waals surface area contributed by atoms with Crippen LogP contribution in [0.5, 0.6) is 0 Å². The third-order valence-corrected chi connectivity index (χ3v) is 3.88. The fourth-order valence-corrected chi connectivity index (χ4v) is 2.54. The first kappa shape index (κ1) is 11.6. The minimum Gasteiger partial charge on any atom is -0.337 e. The van der Waals surface area contributed by atoms with Crippen molar-refractivity contribution in [3.05, 3.63) is 18.2 Å². The van der Waals surface area contributed by atoms with Crippen LogP contribution < -0.4 is 0 Å². The van der Waals surface area contributed by atoms with Crippen molar-refractivity contribution < 1.29 is 0 Å². The van der Waals surface area contributed by atoms with Crippen LogP contribution in [0.15, 0.2) is 12.5 Å². The molecule has 16 heavy (non-hydrogen) atoms. The lowest BCUT2D eigenvalue weighted by Gasteiger charge is -2.33. The monoisotopic (exact) mass is 221 g/mol. The lowest BCUT2D eigenvalue weighted by atomic mass is 9.87. The van der Waals surface area contributed by atoms with Gasteiger partial charge in [0.05, 0.1) is 12.0 Å². The summed E-state index contributed by atoms with van der Waals surface area (Å²) in [5.41, 5.74) is 1.32. The van der Waals surface area contributed by atoms with Crippen molar-refractivity contribution in [2.75, 3.05) is 13.1 Å². The van der Waals surface area contributed by atoms with Crippen molar-refractivity contribution in [1.82, 2.24) is 14.5 Å². The van der Waals surface area contributed by atoms with Crippen LogP contribution in [-0.2, 0) is 13.6 Å². The minimum atomic E-state index is 0.846. The fraction of sp³-hybridized carbons (Fsp3) is 0.769. The zero-order valence-electron chi connectivity index (χ0n) is 10.7. The predicted octanol–water partition coefficient (Wildman–Crippen LogP) is 2.29. The molecule has 0 bridgehead atoms. The molecule has 0 aliphatic carbocycles. The molecule has 1 aromatic heterocycles. The lowest BCUT2D eigenvalue weighted by Crippen LogP contribution is -2.35. The van der Waals surface area contributed by atoms with Gasteiger partial charge in [0.1, 0.15) is 0 Å². The molecule has 1 saturated heterocycles. The van der Waals surface area contributed by atoms with Gasteiger partial charge >= 0.3 is 0 Å². The van der Waals surface area contributed by atoms with E-state index in [1.165, 1.54) is 31.6 Å². The zero-order chi connectivity index (χ0) is 11.5. The second-order valence-corrected chi connectivity index (χ2v) is 5.35. The molecule has 0 N–H and O–H groups in total. The van der Waals surface area contributed by atoms with Gasteiger partial charge in [-0.15, -0.1) is 0 Å². The molecule has 0 aromatic carbocycles. The van der Waals surface area contributed by atoms with Crippen molar-refractivity contribution in [1.29, 1.82) is 0 Å². The molecule has 0 saturated carbocycles. The number of likely N-dealkylation sites (tertiary alicyclic amines) is 1. The van der Waals surface area contributed by atoms with Crippen LogP contribution in [0.25, 0.3) is 0 Å². The minimum absolute atomic E-state index is 0.846. The van der Waals surface area contributed by atoms with E-state index in [1.54, 1.807) is 0 Å². The van der Waals surface area contributed by atoms with E-state index < -0.39 is 0 Å². The number of aryl methyl sites for hydroxylation is 1. The van der Waals surface area contributed by atoms with E-state index in [0.717, 1.165) is 18.4 Å². The van der Waals surface area contributed by atoms with Gasteiger partial charge in [-0.3, -0.25) is 4.90 Å². The molecular weight excluding hydrogens is 198 g/mol. The highest BCUT2D eigenvalue weighted by Crippen LogP contribution is 2.25. The Bertz CT molecular complexity index is 322. The number of imidazole rings is 1. The summed E-state index contributed by atoms with van der Waals surface area (Å²) in [7, 11) is 2.07. The van der Waals surface area contributed by atoms with Crippen LogP contribution in [0.2, 0.25) is 0 Å². The van der Waals surface area contributed by atoms with Crippen LogP contribution >= 0.6 is 0 Å². The average Bonchev–Trinajstić information content (AvgIpc) is 2.65. The average molecular weight is 221 g/mol. The third-order valence-electron chi connectivity index (χ3n) is 3.88. The summed E-state index contributed by atoms with van der Waals surface area (Å²) < 4.78 is 2.12. The highest BCUT2D eigenvalue weighted by Gasteiger charge is 2.21. The zero-order valence-corrected chi connectivity index (χ0v) is 10.7. The Morgan fingerprint density at radius 3 is 2.56 bits per heavy atom. The van der Waals surface area contributed by atoms with Gasteiger partial charge in [0.15, 0.2) is 0 Å². The Morgan fingerprint density at radius 1 is 1.38 bits per heavy atom. The van der Waals surface area contributed by atoms with Gasteiger partial charge in [0.25, 0.3) is 0 Å². The lowest BCUT2D eigenvalue weighted by molar-refractivity contribution is 0.149. The predicted molar refractivity (Wildman–Crippen MR) is 66.0 cm³/mol. The van der Waals surface area contributed by atoms with Crippen LogP contribution in [-0.4, -0.2) is 27.5 Å². The van der Waals surface area contributed by atoms with Crippen molar-refractivity contribution in [3.8, 4) is 0 Å². The molecule has 2 heterocycles. The van der Waals surface area contributed by atoms with Gasteiger partial charge in [-0.2, -0.15) is 0 Å². The van der Waals surface area contributed by atoms with Crippen molar-refractivity contribution in [3.63, 3.8) is 0 Å². The van der Waals surface area contributed by atoms with Crippen molar-refractivity contribution in [2.24, 2.45) is 18.9 Å². The van der Waals surface area contributed by atoms with Gasteiger partial charge in [-0.05, 0) is 37.8 Å². The molecule has 0 unspecified atom stereocenters. The Morgan fingerprint density at radius 2 is 2.06 bits per heavy atom. The van der Waals surface area contributed by atoms with Crippen molar-refractivity contribution >= 4 is 0 Å². The maximum absolute atomic E-state index is 4.17. The maximum Gasteiger partial charge on any atom is 0.0945 e. The molecule has 2 rings (SSSR count). The first-order valence-electron chi connectivity index (χ1n) is 6.34. The number of rotatable bonds is 3. The molecule has 1 aromatic rings. The van der Waals surface area contributed by atoms with E-state index in [4.69, 9.17) is 0 Å². The molecule has 90 valence electrons. The normalized spacial score (nSPS) is 19.5. The molecule has 3 nitrogen and oxygen atoms in total. The Balaban J connectivity index is 1.84. The van der Waals surface area contributed by atoms with Crippen molar-refractivity contribution in [2.45, 2.75) is 33.2 Å².